The molecule has 0 bridgehead atoms. The van der Waals surface area contributed by atoms with E-state index in [4.69, 9.17) is 4.74 Å². The fourth-order valence-electron chi connectivity index (χ4n) is 3.86. The second kappa shape index (κ2) is 9.00. The summed E-state index contributed by atoms with van der Waals surface area (Å²) in [6.45, 7) is 0.518. The molecule has 4 rings (SSSR count). The Kier molecular flexibility index (Phi) is 6.34. The molecule has 0 aliphatic carbocycles. The number of halogens is 1. The molecular weight excluding hydrogens is 439 g/mol. The average Bonchev–Trinajstić information content (AvgIpc) is 3.19. The number of hydrogen-bond donors (Lipinski definition) is 0. The maximum atomic E-state index is 13.2. The quantitative estimate of drug-likeness (QED) is 0.657. The molecule has 2 aromatic carbocycles. The van der Waals surface area contributed by atoms with Crippen LogP contribution < -0.4 is 4.74 Å². The van der Waals surface area contributed by atoms with Crippen LogP contribution in [-0.4, -0.2) is 60.8 Å². The van der Waals surface area contributed by atoms with Gasteiger partial charge in [0, 0.05) is 11.8 Å². The summed E-state index contributed by atoms with van der Waals surface area (Å²) in [4.78, 5) is 18.9. The van der Waals surface area contributed by atoms with E-state index in [0.29, 0.717) is 18.1 Å². The van der Waals surface area contributed by atoms with Crippen LogP contribution in [0.5, 0.6) is 5.75 Å². The topological polar surface area (TPSA) is 76.0 Å². The Morgan fingerprint density at radius 2 is 1.81 bits per heavy atom. The number of amides is 1. The fraction of sp³-hybridized carbons (Fsp3) is 0.364. The van der Waals surface area contributed by atoms with Gasteiger partial charge in [-0.1, -0.05) is 36.0 Å². The number of nitrogens with zero attached hydrogens (tertiary/aromatic N) is 2. The molecule has 2 aliphatic heterocycles. The van der Waals surface area contributed by atoms with E-state index in [-0.39, 0.29) is 40.9 Å². The van der Waals surface area contributed by atoms with Crippen molar-refractivity contribution >= 4 is 32.7 Å². The molecule has 9 heteroatoms. The second-order valence-electron chi connectivity index (χ2n) is 7.68. The molecule has 31 heavy (non-hydrogen) atoms. The van der Waals surface area contributed by atoms with Gasteiger partial charge in [-0.05, 0) is 41.8 Å². The maximum absolute atomic E-state index is 13.2. The number of thioether (sulfide) groups is 1. The number of fused-ring (bicyclic) bond motifs is 1. The van der Waals surface area contributed by atoms with Crippen molar-refractivity contribution in [1.82, 2.24) is 4.90 Å². The van der Waals surface area contributed by atoms with Gasteiger partial charge in [0.2, 0.25) is 0 Å². The SMILES string of the molecule is COc1ccc(CC(=O)N=C2S[C@@H]3CS(=O)(=O)C[C@@H]3N2CCc2ccc(F)cc2)cc1. The van der Waals surface area contributed by atoms with Crippen LogP contribution in [0.1, 0.15) is 11.1 Å². The van der Waals surface area contributed by atoms with Crippen LogP contribution >= 0.6 is 11.8 Å². The highest BCUT2D eigenvalue weighted by molar-refractivity contribution is 8.15. The summed E-state index contributed by atoms with van der Waals surface area (Å²) in [5.41, 5.74) is 1.78. The van der Waals surface area contributed by atoms with Gasteiger partial charge in [-0.2, -0.15) is 4.99 Å². The highest BCUT2D eigenvalue weighted by atomic mass is 32.2. The molecule has 0 aromatic heterocycles. The lowest BCUT2D eigenvalue weighted by Crippen LogP contribution is -2.39. The van der Waals surface area contributed by atoms with E-state index in [0.717, 1.165) is 16.9 Å². The van der Waals surface area contributed by atoms with E-state index in [9.17, 15) is 17.6 Å². The first-order chi connectivity index (χ1) is 14.8. The number of carbonyl (C=O) groups is 1. The van der Waals surface area contributed by atoms with E-state index in [2.05, 4.69) is 4.99 Å². The number of amidine groups is 1. The fourth-order valence-corrected chi connectivity index (χ4v) is 7.86. The molecular formula is C22H23FN2O4S2. The zero-order chi connectivity index (χ0) is 22.0. The summed E-state index contributed by atoms with van der Waals surface area (Å²) in [6, 6.07) is 13.3. The van der Waals surface area contributed by atoms with Crippen molar-refractivity contribution in [2.45, 2.75) is 24.1 Å². The van der Waals surface area contributed by atoms with Crippen molar-refractivity contribution in [3.05, 3.63) is 65.5 Å². The lowest BCUT2D eigenvalue weighted by Gasteiger charge is -2.24. The summed E-state index contributed by atoms with van der Waals surface area (Å²) in [7, 11) is -1.51. The molecule has 1 amide bonds. The number of hydrogen-bond acceptors (Lipinski definition) is 5. The normalized spacial score (nSPS) is 23.2. The van der Waals surface area contributed by atoms with Gasteiger partial charge < -0.3 is 9.64 Å². The van der Waals surface area contributed by atoms with Crippen molar-refractivity contribution in [2.24, 2.45) is 4.99 Å². The summed E-state index contributed by atoms with van der Waals surface area (Å²) >= 11 is 1.37. The first-order valence-corrected chi connectivity index (χ1v) is 12.7. The molecule has 0 unspecified atom stereocenters. The van der Waals surface area contributed by atoms with Gasteiger partial charge in [-0.3, -0.25) is 4.79 Å². The Hall–Kier alpha value is -2.39. The standard InChI is InChI=1S/C22H23FN2O4S2/c1-29-18-8-4-16(5-9-18)12-21(26)24-22-25(11-10-15-2-6-17(23)7-3-15)19-13-31(27,28)14-20(19)30-22/h2-9,19-20H,10-14H2,1H3/t19-,20+/m0/s1. The number of ether oxygens (including phenoxy) is 1. The van der Waals surface area contributed by atoms with E-state index in [1.54, 1.807) is 31.4 Å². The van der Waals surface area contributed by atoms with Crippen LogP contribution in [0, 0.1) is 5.82 Å². The molecule has 2 atom stereocenters. The number of carbonyl (C=O) groups excluding carboxylic acids is 1. The Morgan fingerprint density at radius 3 is 2.48 bits per heavy atom. The highest BCUT2D eigenvalue weighted by Gasteiger charge is 2.48. The van der Waals surface area contributed by atoms with Crippen molar-refractivity contribution < 1.29 is 22.3 Å². The van der Waals surface area contributed by atoms with Gasteiger partial charge >= 0.3 is 0 Å². The van der Waals surface area contributed by atoms with Gasteiger partial charge in [0.1, 0.15) is 11.6 Å². The van der Waals surface area contributed by atoms with Gasteiger partial charge in [0.05, 0.1) is 31.1 Å². The molecule has 0 radical (unpaired) electrons. The van der Waals surface area contributed by atoms with Gasteiger partial charge in [-0.25, -0.2) is 12.8 Å². The zero-order valence-corrected chi connectivity index (χ0v) is 18.7. The average molecular weight is 463 g/mol. The molecule has 2 saturated heterocycles. The van der Waals surface area contributed by atoms with Crippen molar-refractivity contribution in [3.8, 4) is 5.75 Å². The second-order valence-corrected chi connectivity index (χ2v) is 11.0. The Morgan fingerprint density at radius 1 is 1.13 bits per heavy atom. The van der Waals surface area contributed by atoms with Gasteiger partial charge in [-0.15, -0.1) is 0 Å². The number of benzene rings is 2. The summed E-state index contributed by atoms with van der Waals surface area (Å²) in [5, 5.41) is 0.455. The predicted octanol–water partition coefficient (Wildman–Crippen LogP) is 2.72. The Bertz CT molecular complexity index is 1090. The van der Waals surface area contributed by atoms with Crippen LogP contribution in [0.3, 0.4) is 0 Å². The monoisotopic (exact) mass is 462 g/mol. The first-order valence-electron chi connectivity index (χ1n) is 9.95. The van der Waals surface area contributed by atoms with E-state index < -0.39 is 9.84 Å². The number of sulfone groups is 1. The van der Waals surface area contributed by atoms with Crippen LogP contribution in [0.2, 0.25) is 0 Å². The third-order valence-electron chi connectivity index (χ3n) is 5.46. The molecule has 2 aliphatic rings. The molecule has 2 aromatic rings. The summed E-state index contributed by atoms with van der Waals surface area (Å²) < 4.78 is 42.6. The van der Waals surface area contributed by atoms with Crippen molar-refractivity contribution in [3.63, 3.8) is 0 Å². The highest BCUT2D eigenvalue weighted by Crippen LogP contribution is 2.38. The third kappa shape index (κ3) is 5.27. The van der Waals surface area contributed by atoms with Crippen molar-refractivity contribution in [1.29, 1.82) is 0 Å². The molecule has 0 spiro atoms. The Labute approximate surface area is 185 Å². The molecule has 0 N–H and O–H groups in total. The Balaban J connectivity index is 1.49. The molecule has 2 fully saturated rings. The zero-order valence-electron chi connectivity index (χ0n) is 17.0. The van der Waals surface area contributed by atoms with Gasteiger partial charge in [0.25, 0.3) is 5.91 Å². The lowest BCUT2D eigenvalue weighted by molar-refractivity contribution is -0.117. The van der Waals surface area contributed by atoms with E-state index in [1.807, 2.05) is 17.0 Å². The molecule has 0 saturated carbocycles. The smallest absolute Gasteiger partial charge is 0.252 e. The lowest BCUT2D eigenvalue weighted by atomic mass is 10.1. The minimum atomic E-state index is -3.10. The minimum absolute atomic E-state index is 0.0692. The summed E-state index contributed by atoms with van der Waals surface area (Å²) in [6.07, 6.45) is 0.767. The minimum Gasteiger partial charge on any atom is -0.497 e. The number of aliphatic imine (C=N–C) groups is 1. The molecule has 164 valence electrons. The first kappa shape index (κ1) is 21.8. The summed E-state index contributed by atoms with van der Waals surface area (Å²) in [5.74, 6) is 0.312. The maximum Gasteiger partial charge on any atom is 0.252 e. The third-order valence-corrected chi connectivity index (χ3v) is 8.71. The van der Waals surface area contributed by atoms with Crippen LogP contribution in [0.15, 0.2) is 53.5 Å². The predicted molar refractivity (Wildman–Crippen MR) is 120 cm³/mol. The van der Waals surface area contributed by atoms with E-state index >= 15 is 0 Å². The number of methoxy groups -OCH3 is 1. The van der Waals surface area contributed by atoms with Crippen LogP contribution in [-0.2, 0) is 27.5 Å². The molecule has 2 heterocycles. The van der Waals surface area contributed by atoms with Crippen molar-refractivity contribution in [2.75, 3.05) is 25.2 Å². The van der Waals surface area contributed by atoms with Crippen LogP contribution in [0.25, 0.3) is 0 Å². The number of rotatable bonds is 6. The molecule has 6 nitrogen and oxygen atoms in total. The van der Waals surface area contributed by atoms with Gasteiger partial charge in [0.15, 0.2) is 15.0 Å². The van der Waals surface area contributed by atoms with Crippen LogP contribution in [0.4, 0.5) is 4.39 Å². The largest absolute Gasteiger partial charge is 0.497 e. The van der Waals surface area contributed by atoms with E-state index in [1.165, 1.54) is 23.9 Å².